The second-order valence-corrected chi connectivity index (χ2v) is 8.21. The fourth-order valence-electron chi connectivity index (χ4n) is 4.00. The third-order valence-corrected chi connectivity index (χ3v) is 5.79. The minimum absolute atomic E-state index is 0.0872. The van der Waals surface area contributed by atoms with Crippen molar-refractivity contribution in [2.75, 3.05) is 6.54 Å². The molecule has 1 aliphatic heterocycles. The highest BCUT2D eigenvalue weighted by atomic mass is 19.4. The number of aromatic hydroxyl groups is 1. The van der Waals surface area contributed by atoms with E-state index in [4.69, 9.17) is 5.11 Å². The topological polar surface area (TPSA) is 142 Å². The molecule has 3 heterocycles. The molecule has 0 atom stereocenters. The number of benzene rings is 1. The third-order valence-electron chi connectivity index (χ3n) is 5.79. The van der Waals surface area contributed by atoms with Gasteiger partial charge in [0, 0.05) is 23.7 Å². The summed E-state index contributed by atoms with van der Waals surface area (Å²) in [6.45, 7) is -1.40. The molecule has 0 bridgehead atoms. The Bertz CT molecular complexity index is 1440. The van der Waals surface area contributed by atoms with E-state index in [-0.39, 0.29) is 42.0 Å². The molecule has 3 N–H and O–H groups in total. The number of carbonyl (C=O) groups excluding carboxylic acids is 2. The number of carboxylic acid groups (broad SMARTS) is 1. The van der Waals surface area contributed by atoms with E-state index in [1.807, 2.05) is 5.32 Å². The molecule has 2 aromatic heterocycles. The molecule has 0 aliphatic carbocycles. The van der Waals surface area contributed by atoms with Crippen molar-refractivity contribution in [3.8, 4) is 5.75 Å². The fourth-order valence-corrected chi connectivity index (χ4v) is 4.00. The lowest BCUT2D eigenvalue weighted by Gasteiger charge is -2.17. The number of halogens is 3. The van der Waals surface area contributed by atoms with Crippen molar-refractivity contribution in [3.05, 3.63) is 92.7 Å². The zero-order valence-electron chi connectivity index (χ0n) is 19.0. The number of aliphatic carboxylic acids is 1. The molecule has 0 saturated heterocycles. The van der Waals surface area contributed by atoms with Gasteiger partial charge in [-0.25, -0.2) is 0 Å². The van der Waals surface area contributed by atoms with E-state index in [0.717, 1.165) is 16.7 Å². The Balaban J connectivity index is 1.77. The number of rotatable bonds is 6. The molecule has 0 radical (unpaired) electrons. The predicted octanol–water partition coefficient (Wildman–Crippen LogP) is 1.99. The van der Waals surface area contributed by atoms with Crippen molar-refractivity contribution in [1.29, 1.82) is 0 Å². The number of carboxylic acids is 1. The quantitative estimate of drug-likeness (QED) is 0.455. The molecule has 0 saturated carbocycles. The summed E-state index contributed by atoms with van der Waals surface area (Å²) in [7, 11) is 0. The smallest absolute Gasteiger partial charge is 0.416 e. The lowest BCUT2D eigenvalue weighted by Crippen LogP contribution is -2.37. The number of fused-ring (bicyclic) bond motifs is 1. The summed E-state index contributed by atoms with van der Waals surface area (Å²) in [6.07, 6.45) is -1.74. The summed E-state index contributed by atoms with van der Waals surface area (Å²) < 4.78 is 39.9. The zero-order chi connectivity index (χ0) is 26.9. The van der Waals surface area contributed by atoms with Crippen molar-refractivity contribution in [1.82, 2.24) is 19.8 Å². The Morgan fingerprint density at radius 3 is 2.38 bits per heavy atom. The number of carbonyl (C=O) groups is 3. The van der Waals surface area contributed by atoms with Gasteiger partial charge in [-0.1, -0.05) is 12.1 Å². The SMILES string of the molecule is O=C(O)CNC(=O)c1c(O)c2c(n(Cc3ccc(C(F)(F)F)cc3)c1=O)CN(C(=O)c1cccnc1)C2. The van der Waals surface area contributed by atoms with Crippen molar-refractivity contribution >= 4 is 17.8 Å². The van der Waals surface area contributed by atoms with Crippen LogP contribution >= 0.6 is 0 Å². The molecule has 1 aliphatic rings. The van der Waals surface area contributed by atoms with E-state index in [1.165, 1.54) is 35.5 Å². The normalized spacial score (nSPS) is 12.8. The van der Waals surface area contributed by atoms with Gasteiger partial charge in [-0.3, -0.25) is 24.2 Å². The lowest BCUT2D eigenvalue weighted by atomic mass is 10.1. The predicted molar refractivity (Wildman–Crippen MR) is 121 cm³/mol. The molecule has 3 aromatic rings. The van der Waals surface area contributed by atoms with Crippen molar-refractivity contribution in [2.24, 2.45) is 0 Å². The van der Waals surface area contributed by atoms with E-state index < -0.39 is 52.9 Å². The van der Waals surface area contributed by atoms with Gasteiger partial charge < -0.3 is 25.0 Å². The first-order valence-electron chi connectivity index (χ1n) is 10.8. The molecular formula is C24H19F3N4O6. The Morgan fingerprint density at radius 2 is 1.78 bits per heavy atom. The summed E-state index contributed by atoms with van der Waals surface area (Å²) in [5, 5.41) is 21.7. The Labute approximate surface area is 206 Å². The second kappa shape index (κ2) is 9.76. The lowest BCUT2D eigenvalue weighted by molar-refractivity contribution is -0.138. The molecule has 0 fully saturated rings. The summed E-state index contributed by atoms with van der Waals surface area (Å²) >= 11 is 0. The molecule has 192 valence electrons. The van der Waals surface area contributed by atoms with Gasteiger partial charge >= 0.3 is 12.1 Å². The maximum absolute atomic E-state index is 13.3. The number of hydrogen-bond acceptors (Lipinski definition) is 6. The van der Waals surface area contributed by atoms with E-state index in [1.54, 1.807) is 6.07 Å². The van der Waals surface area contributed by atoms with Gasteiger partial charge in [0.15, 0.2) is 0 Å². The Morgan fingerprint density at radius 1 is 1.08 bits per heavy atom. The highest BCUT2D eigenvalue weighted by Gasteiger charge is 2.34. The van der Waals surface area contributed by atoms with Gasteiger partial charge in [0.25, 0.3) is 17.4 Å². The maximum Gasteiger partial charge on any atom is 0.416 e. The van der Waals surface area contributed by atoms with Gasteiger partial charge in [0.05, 0.1) is 30.8 Å². The molecule has 4 rings (SSSR count). The van der Waals surface area contributed by atoms with Crippen molar-refractivity contribution in [2.45, 2.75) is 25.8 Å². The Hall–Kier alpha value is -4.68. The largest absolute Gasteiger partial charge is 0.506 e. The summed E-state index contributed by atoms with van der Waals surface area (Å²) in [4.78, 5) is 55.0. The zero-order valence-corrected chi connectivity index (χ0v) is 19.0. The molecule has 0 unspecified atom stereocenters. The molecule has 0 spiro atoms. The van der Waals surface area contributed by atoms with Gasteiger partial charge in [0.2, 0.25) is 0 Å². The van der Waals surface area contributed by atoms with Crippen LogP contribution in [-0.4, -0.2) is 49.0 Å². The van der Waals surface area contributed by atoms with Crippen molar-refractivity contribution in [3.63, 3.8) is 0 Å². The van der Waals surface area contributed by atoms with E-state index >= 15 is 0 Å². The second-order valence-electron chi connectivity index (χ2n) is 8.21. The van der Waals surface area contributed by atoms with E-state index in [2.05, 4.69) is 4.98 Å². The number of pyridine rings is 2. The molecule has 2 amide bonds. The number of nitrogens with zero attached hydrogens (tertiary/aromatic N) is 3. The average molecular weight is 516 g/mol. The van der Waals surface area contributed by atoms with Crippen LogP contribution in [0.15, 0.2) is 53.6 Å². The van der Waals surface area contributed by atoms with Crippen LogP contribution in [0.5, 0.6) is 5.75 Å². The number of aromatic nitrogens is 2. The van der Waals surface area contributed by atoms with Gasteiger partial charge in [-0.05, 0) is 29.8 Å². The summed E-state index contributed by atoms with van der Waals surface area (Å²) in [6, 6.07) is 7.12. The van der Waals surface area contributed by atoms with E-state index in [0.29, 0.717) is 0 Å². The van der Waals surface area contributed by atoms with E-state index in [9.17, 15) is 37.5 Å². The van der Waals surface area contributed by atoms with Crippen molar-refractivity contribution < 1.29 is 37.8 Å². The number of nitrogens with one attached hydrogen (secondary N) is 1. The molecule has 13 heteroatoms. The first kappa shape index (κ1) is 25.4. The highest BCUT2D eigenvalue weighted by molar-refractivity contribution is 5.99. The van der Waals surface area contributed by atoms with Crippen LogP contribution in [0.4, 0.5) is 13.2 Å². The van der Waals surface area contributed by atoms with Gasteiger partial charge in [-0.15, -0.1) is 0 Å². The number of hydrogen-bond donors (Lipinski definition) is 3. The molecular weight excluding hydrogens is 497 g/mol. The summed E-state index contributed by atoms with van der Waals surface area (Å²) in [5.41, 5.74) is -1.81. The van der Waals surface area contributed by atoms with Crippen LogP contribution < -0.4 is 10.9 Å². The van der Waals surface area contributed by atoms with Crippen LogP contribution in [0.3, 0.4) is 0 Å². The molecule has 37 heavy (non-hydrogen) atoms. The van der Waals surface area contributed by atoms with Crippen LogP contribution in [0.25, 0.3) is 0 Å². The maximum atomic E-state index is 13.3. The first-order chi connectivity index (χ1) is 17.5. The van der Waals surface area contributed by atoms with Gasteiger partial charge in [-0.2, -0.15) is 13.2 Å². The number of amides is 2. The minimum Gasteiger partial charge on any atom is -0.506 e. The van der Waals surface area contributed by atoms with Crippen LogP contribution in [0.2, 0.25) is 0 Å². The fraction of sp³-hybridized carbons (Fsp3) is 0.208. The highest BCUT2D eigenvalue weighted by Crippen LogP contribution is 2.33. The molecule has 1 aromatic carbocycles. The first-order valence-corrected chi connectivity index (χ1v) is 10.8. The van der Waals surface area contributed by atoms with Gasteiger partial charge in [0.1, 0.15) is 17.9 Å². The monoisotopic (exact) mass is 516 g/mol. The Kier molecular flexibility index (Phi) is 6.70. The van der Waals surface area contributed by atoms with Crippen LogP contribution in [0, 0.1) is 0 Å². The summed E-state index contributed by atoms with van der Waals surface area (Å²) in [5.74, 6) is -3.69. The van der Waals surface area contributed by atoms with Crippen LogP contribution in [-0.2, 0) is 30.6 Å². The minimum atomic E-state index is -4.56. The average Bonchev–Trinajstić information content (AvgIpc) is 3.31. The number of alkyl halides is 3. The molecule has 10 nitrogen and oxygen atoms in total. The van der Waals surface area contributed by atoms with Crippen LogP contribution in [0.1, 0.15) is 43.1 Å². The third kappa shape index (κ3) is 5.15. The standard InChI is InChI=1S/C24H19F3N4O6/c25-24(26,27)15-5-3-13(4-6-15)10-31-17-12-30(22(36)14-2-1-7-28-8-14)11-16(17)20(34)19(23(31)37)21(35)29-9-18(32)33/h1-8,34H,9-12H2,(H,29,35)(H,32,33).